The molecule has 2 rings (SSSR count). The standard InChI is InChI=1S/C12H14N4O3/c13-7-9-1-4-15-16-10(9)14-8-12(11(17)18)2-5-19-6-3-12/h1,4H,2-3,5-6,8H2,(H,14,16)(H,17,18). The van der Waals surface area contributed by atoms with Crippen LogP contribution in [-0.2, 0) is 9.53 Å². The molecule has 0 bridgehead atoms. The van der Waals surface area contributed by atoms with Crippen LogP contribution < -0.4 is 5.32 Å². The maximum atomic E-state index is 11.5. The predicted molar refractivity (Wildman–Crippen MR) is 65.4 cm³/mol. The fourth-order valence-corrected chi connectivity index (χ4v) is 2.03. The number of nitriles is 1. The number of hydrogen-bond donors (Lipinski definition) is 2. The third-order valence-corrected chi connectivity index (χ3v) is 3.34. The molecule has 0 radical (unpaired) electrons. The highest BCUT2D eigenvalue weighted by molar-refractivity contribution is 5.75. The maximum absolute atomic E-state index is 11.5. The van der Waals surface area contributed by atoms with Gasteiger partial charge in [0.1, 0.15) is 6.07 Å². The summed E-state index contributed by atoms with van der Waals surface area (Å²) in [7, 11) is 0. The van der Waals surface area contributed by atoms with Crippen LogP contribution >= 0.6 is 0 Å². The molecule has 19 heavy (non-hydrogen) atoms. The number of carbonyl (C=O) groups is 1. The fourth-order valence-electron chi connectivity index (χ4n) is 2.03. The molecule has 0 saturated carbocycles. The van der Waals surface area contributed by atoms with E-state index in [0.717, 1.165) is 0 Å². The molecule has 100 valence electrons. The number of hydrogen-bond acceptors (Lipinski definition) is 6. The summed E-state index contributed by atoms with van der Waals surface area (Å²) in [5, 5.41) is 28.8. The lowest BCUT2D eigenvalue weighted by Gasteiger charge is -2.33. The van der Waals surface area contributed by atoms with Crippen LogP contribution in [0.25, 0.3) is 0 Å². The molecule has 1 aliphatic rings. The maximum Gasteiger partial charge on any atom is 0.311 e. The highest BCUT2D eigenvalue weighted by atomic mass is 16.5. The Balaban J connectivity index is 2.11. The van der Waals surface area contributed by atoms with Crippen molar-refractivity contribution >= 4 is 11.8 Å². The van der Waals surface area contributed by atoms with Crippen LogP contribution in [0.4, 0.5) is 5.82 Å². The van der Waals surface area contributed by atoms with E-state index in [-0.39, 0.29) is 6.54 Å². The van der Waals surface area contributed by atoms with E-state index in [0.29, 0.717) is 37.4 Å². The van der Waals surface area contributed by atoms with Crippen molar-refractivity contribution in [2.24, 2.45) is 5.41 Å². The van der Waals surface area contributed by atoms with Crippen molar-refractivity contribution in [1.82, 2.24) is 10.2 Å². The number of nitrogens with one attached hydrogen (secondary N) is 1. The highest BCUT2D eigenvalue weighted by Crippen LogP contribution is 2.31. The second-order valence-corrected chi connectivity index (χ2v) is 4.46. The van der Waals surface area contributed by atoms with Crippen molar-refractivity contribution in [3.8, 4) is 6.07 Å². The molecule has 0 unspecified atom stereocenters. The normalized spacial score (nSPS) is 17.4. The zero-order valence-corrected chi connectivity index (χ0v) is 10.3. The van der Waals surface area contributed by atoms with E-state index in [4.69, 9.17) is 10.00 Å². The van der Waals surface area contributed by atoms with Crippen LogP contribution in [0.15, 0.2) is 12.3 Å². The first kappa shape index (κ1) is 13.2. The van der Waals surface area contributed by atoms with E-state index >= 15 is 0 Å². The molecule has 2 heterocycles. The number of ether oxygens (including phenoxy) is 1. The van der Waals surface area contributed by atoms with Crippen molar-refractivity contribution in [3.63, 3.8) is 0 Å². The van der Waals surface area contributed by atoms with E-state index < -0.39 is 11.4 Å². The second-order valence-electron chi connectivity index (χ2n) is 4.46. The van der Waals surface area contributed by atoms with Gasteiger partial charge >= 0.3 is 5.97 Å². The van der Waals surface area contributed by atoms with Crippen molar-refractivity contribution in [2.45, 2.75) is 12.8 Å². The Morgan fingerprint density at radius 2 is 2.32 bits per heavy atom. The van der Waals surface area contributed by atoms with Gasteiger partial charge in [-0.3, -0.25) is 4.79 Å². The molecule has 0 atom stereocenters. The van der Waals surface area contributed by atoms with E-state index in [1.165, 1.54) is 12.3 Å². The SMILES string of the molecule is N#Cc1ccnnc1NCC1(C(=O)O)CCOCC1. The van der Waals surface area contributed by atoms with Gasteiger partial charge in [-0.25, -0.2) is 0 Å². The topological polar surface area (TPSA) is 108 Å². The third kappa shape index (κ3) is 2.80. The van der Waals surface area contributed by atoms with E-state index in [2.05, 4.69) is 15.5 Å². The summed E-state index contributed by atoms with van der Waals surface area (Å²) in [4.78, 5) is 11.5. The van der Waals surface area contributed by atoms with Gasteiger partial charge in [0.05, 0.1) is 17.2 Å². The van der Waals surface area contributed by atoms with Crippen molar-refractivity contribution in [2.75, 3.05) is 25.1 Å². The zero-order chi connectivity index (χ0) is 13.7. The Morgan fingerprint density at radius 3 is 2.95 bits per heavy atom. The fraction of sp³-hybridized carbons (Fsp3) is 0.500. The number of anilines is 1. The summed E-state index contributed by atoms with van der Waals surface area (Å²) in [5.41, 5.74) is -0.523. The first-order chi connectivity index (χ1) is 9.18. The minimum atomic E-state index is -0.873. The largest absolute Gasteiger partial charge is 0.481 e. The van der Waals surface area contributed by atoms with Gasteiger partial charge in [-0.2, -0.15) is 10.4 Å². The van der Waals surface area contributed by atoms with Crippen LogP contribution in [-0.4, -0.2) is 41.0 Å². The molecule has 1 aromatic heterocycles. The highest BCUT2D eigenvalue weighted by Gasteiger charge is 2.40. The lowest BCUT2D eigenvalue weighted by Crippen LogP contribution is -2.42. The van der Waals surface area contributed by atoms with Gasteiger partial charge in [0.25, 0.3) is 0 Å². The average molecular weight is 262 g/mol. The number of carboxylic acids is 1. The van der Waals surface area contributed by atoms with Crippen LogP contribution in [0.3, 0.4) is 0 Å². The smallest absolute Gasteiger partial charge is 0.311 e. The molecular weight excluding hydrogens is 248 g/mol. The van der Waals surface area contributed by atoms with Gasteiger partial charge < -0.3 is 15.2 Å². The van der Waals surface area contributed by atoms with Gasteiger partial charge in [-0.1, -0.05) is 0 Å². The van der Waals surface area contributed by atoms with E-state index in [1.807, 2.05) is 6.07 Å². The number of aromatic nitrogens is 2. The molecule has 0 aliphatic carbocycles. The Kier molecular flexibility index (Phi) is 3.92. The molecule has 0 spiro atoms. The third-order valence-electron chi connectivity index (χ3n) is 3.34. The first-order valence-corrected chi connectivity index (χ1v) is 5.95. The molecule has 1 saturated heterocycles. The van der Waals surface area contributed by atoms with Crippen LogP contribution in [0.1, 0.15) is 18.4 Å². The average Bonchev–Trinajstić information content (AvgIpc) is 2.46. The molecule has 0 aromatic carbocycles. The minimum Gasteiger partial charge on any atom is -0.481 e. The van der Waals surface area contributed by atoms with Gasteiger partial charge in [0, 0.05) is 19.8 Å². The molecule has 7 heteroatoms. The Morgan fingerprint density at radius 1 is 1.58 bits per heavy atom. The van der Waals surface area contributed by atoms with Gasteiger partial charge in [-0.05, 0) is 18.9 Å². The number of aliphatic carboxylic acids is 1. The van der Waals surface area contributed by atoms with Crippen LogP contribution in [0.2, 0.25) is 0 Å². The molecule has 1 aromatic rings. The lowest BCUT2D eigenvalue weighted by molar-refractivity contribution is -0.153. The lowest BCUT2D eigenvalue weighted by atomic mass is 9.80. The van der Waals surface area contributed by atoms with Crippen LogP contribution in [0.5, 0.6) is 0 Å². The van der Waals surface area contributed by atoms with Gasteiger partial charge in [-0.15, -0.1) is 5.10 Å². The first-order valence-electron chi connectivity index (χ1n) is 5.95. The molecule has 0 amide bonds. The summed E-state index contributed by atoms with van der Waals surface area (Å²) in [5.74, 6) is -0.539. The Labute approximate surface area is 110 Å². The summed E-state index contributed by atoms with van der Waals surface area (Å²) >= 11 is 0. The van der Waals surface area contributed by atoms with E-state index in [9.17, 15) is 9.90 Å². The monoisotopic (exact) mass is 262 g/mol. The predicted octanol–water partition coefficient (Wildman–Crippen LogP) is 0.642. The summed E-state index contributed by atoms with van der Waals surface area (Å²) in [6, 6.07) is 3.52. The minimum absolute atomic E-state index is 0.207. The molecular formula is C12H14N4O3. The molecule has 7 nitrogen and oxygen atoms in total. The Hall–Kier alpha value is -2.20. The second kappa shape index (κ2) is 5.63. The summed E-state index contributed by atoms with van der Waals surface area (Å²) < 4.78 is 5.20. The summed E-state index contributed by atoms with van der Waals surface area (Å²) in [6.45, 7) is 1.07. The number of nitrogens with zero attached hydrogens (tertiary/aromatic N) is 3. The number of rotatable bonds is 4. The van der Waals surface area contributed by atoms with E-state index in [1.54, 1.807) is 0 Å². The molecule has 2 N–H and O–H groups in total. The quantitative estimate of drug-likeness (QED) is 0.819. The van der Waals surface area contributed by atoms with Crippen LogP contribution in [0, 0.1) is 16.7 Å². The van der Waals surface area contributed by atoms with Gasteiger partial charge in [0.2, 0.25) is 0 Å². The number of carboxylic acid groups (broad SMARTS) is 1. The van der Waals surface area contributed by atoms with Crippen molar-refractivity contribution in [3.05, 3.63) is 17.8 Å². The van der Waals surface area contributed by atoms with Crippen molar-refractivity contribution in [1.29, 1.82) is 5.26 Å². The van der Waals surface area contributed by atoms with Gasteiger partial charge in [0.15, 0.2) is 5.82 Å². The Bertz CT molecular complexity index is 506. The molecule has 1 aliphatic heterocycles. The van der Waals surface area contributed by atoms with Crippen molar-refractivity contribution < 1.29 is 14.6 Å². The molecule has 1 fully saturated rings. The summed E-state index contributed by atoms with van der Waals surface area (Å²) in [6.07, 6.45) is 2.31. The zero-order valence-electron chi connectivity index (χ0n) is 10.3.